The van der Waals surface area contributed by atoms with E-state index in [0.29, 0.717) is 15.6 Å². The SMILES string of the molecule is O=C(/C=C/c1ccc(Cl)cc1Cl)c1ccc(NC2=NCCCS2)cc1. The van der Waals surface area contributed by atoms with Gasteiger partial charge in [0, 0.05) is 33.6 Å². The summed E-state index contributed by atoms with van der Waals surface area (Å²) < 4.78 is 0. The highest BCUT2D eigenvalue weighted by atomic mass is 35.5. The first-order chi connectivity index (χ1) is 12.1. The molecule has 0 fully saturated rings. The first-order valence-corrected chi connectivity index (χ1v) is 9.58. The average molecular weight is 391 g/mol. The normalized spacial score (nSPS) is 14.4. The molecule has 0 spiro atoms. The first kappa shape index (κ1) is 18.1. The third kappa shape index (κ3) is 5.11. The number of benzene rings is 2. The quantitative estimate of drug-likeness (QED) is 0.530. The molecule has 3 rings (SSSR count). The number of amidine groups is 1. The van der Waals surface area contributed by atoms with Gasteiger partial charge in [0.05, 0.1) is 0 Å². The molecule has 3 nitrogen and oxygen atoms in total. The van der Waals surface area contributed by atoms with Gasteiger partial charge in [-0.2, -0.15) is 0 Å². The fourth-order valence-electron chi connectivity index (χ4n) is 2.27. The van der Waals surface area contributed by atoms with Crippen molar-refractivity contribution in [2.45, 2.75) is 6.42 Å². The summed E-state index contributed by atoms with van der Waals surface area (Å²) in [6, 6.07) is 12.5. The summed E-state index contributed by atoms with van der Waals surface area (Å²) in [6.07, 6.45) is 4.33. The van der Waals surface area contributed by atoms with Gasteiger partial charge in [-0.1, -0.05) is 41.0 Å². The number of rotatable bonds is 4. The zero-order valence-corrected chi connectivity index (χ0v) is 15.7. The molecular formula is C19H16Cl2N2OS. The minimum atomic E-state index is -0.0815. The lowest BCUT2D eigenvalue weighted by Crippen LogP contribution is -2.13. The fraction of sp³-hybridized carbons (Fsp3) is 0.158. The second-order valence-corrected chi connectivity index (χ2v) is 7.38. The molecule has 1 heterocycles. The number of nitrogens with one attached hydrogen (secondary N) is 1. The third-order valence-corrected chi connectivity index (χ3v) is 5.15. The topological polar surface area (TPSA) is 41.5 Å². The Morgan fingerprint density at radius 2 is 1.96 bits per heavy atom. The lowest BCUT2D eigenvalue weighted by atomic mass is 10.1. The minimum Gasteiger partial charge on any atom is -0.335 e. The van der Waals surface area contributed by atoms with Crippen LogP contribution in [0.3, 0.4) is 0 Å². The van der Waals surface area contributed by atoms with Crippen LogP contribution in [0.1, 0.15) is 22.3 Å². The number of allylic oxidation sites excluding steroid dienone is 1. The van der Waals surface area contributed by atoms with E-state index in [2.05, 4.69) is 10.3 Å². The van der Waals surface area contributed by atoms with Crippen LogP contribution in [0.15, 0.2) is 53.5 Å². The fourth-order valence-corrected chi connectivity index (χ4v) is 3.59. The smallest absolute Gasteiger partial charge is 0.185 e. The molecule has 1 N–H and O–H groups in total. The summed E-state index contributed by atoms with van der Waals surface area (Å²) in [6.45, 7) is 0.865. The van der Waals surface area contributed by atoms with E-state index < -0.39 is 0 Å². The maximum atomic E-state index is 12.3. The van der Waals surface area contributed by atoms with Crippen molar-refractivity contribution >= 4 is 57.7 Å². The number of carbonyl (C=O) groups is 1. The van der Waals surface area contributed by atoms with Crippen LogP contribution in [-0.2, 0) is 0 Å². The summed E-state index contributed by atoms with van der Waals surface area (Å²) in [7, 11) is 0. The molecule has 2 aromatic rings. The van der Waals surface area contributed by atoms with Gasteiger partial charge < -0.3 is 5.32 Å². The van der Waals surface area contributed by atoms with E-state index in [1.54, 1.807) is 48.2 Å². The van der Waals surface area contributed by atoms with Gasteiger partial charge in [0.1, 0.15) is 0 Å². The summed E-state index contributed by atoms with van der Waals surface area (Å²) in [5, 5.41) is 5.29. The van der Waals surface area contributed by atoms with Gasteiger partial charge in [0.25, 0.3) is 0 Å². The van der Waals surface area contributed by atoms with Crippen LogP contribution in [-0.4, -0.2) is 23.2 Å². The molecule has 0 unspecified atom stereocenters. The van der Waals surface area contributed by atoms with Gasteiger partial charge in [-0.15, -0.1) is 0 Å². The van der Waals surface area contributed by atoms with E-state index in [4.69, 9.17) is 23.2 Å². The van der Waals surface area contributed by atoms with Crippen LogP contribution in [0.5, 0.6) is 0 Å². The number of halogens is 2. The molecule has 0 aliphatic carbocycles. The van der Waals surface area contributed by atoms with Crippen LogP contribution in [0.25, 0.3) is 6.08 Å². The molecule has 0 radical (unpaired) electrons. The molecule has 0 saturated carbocycles. The van der Waals surface area contributed by atoms with Crippen molar-refractivity contribution in [1.82, 2.24) is 0 Å². The lowest BCUT2D eigenvalue weighted by molar-refractivity contribution is 0.104. The van der Waals surface area contributed by atoms with Crippen LogP contribution in [0.2, 0.25) is 10.0 Å². The van der Waals surface area contributed by atoms with Gasteiger partial charge in [-0.05, 0) is 60.5 Å². The molecule has 0 amide bonds. The second kappa shape index (κ2) is 8.56. The van der Waals surface area contributed by atoms with Gasteiger partial charge in [0.15, 0.2) is 11.0 Å². The Balaban J connectivity index is 1.66. The molecule has 25 heavy (non-hydrogen) atoms. The molecule has 1 aliphatic heterocycles. The number of thioether (sulfide) groups is 1. The van der Waals surface area contributed by atoms with Crippen LogP contribution in [0, 0.1) is 0 Å². The summed E-state index contributed by atoms with van der Waals surface area (Å²) in [5.74, 6) is 1.00. The highest BCUT2D eigenvalue weighted by molar-refractivity contribution is 8.14. The highest BCUT2D eigenvalue weighted by Crippen LogP contribution is 2.22. The van der Waals surface area contributed by atoms with Crippen molar-refractivity contribution in [3.63, 3.8) is 0 Å². The van der Waals surface area contributed by atoms with Crippen molar-refractivity contribution < 1.29 is 4.79 Å². The van der Waals surface area contributed by atoms with Crippen molar-refractivity contribution in [2.75, 3.05) is 17.6 Å². The van der Waals surface area contributed by atoms with Crippen LogP contribution < -0.4 is 5.32 Å². The van der Waals surface area contributed by atoms with Gasteiger partial charge in [-0.25, -0.2) is 0 Å². The summed E-state index contributed by atoms with van der Waals surface area (Å²) in [4.78, 5) is 16.7. The van der Waals surface area contributed by atoms with E-state index in [0.717, 1.165) is 35.1 Å². The Hall–Kier alpha value is -1.75. The number of carbonyl (C=O) groups excluding carboxylic acids is 1. The molecule has 0 bridgehead atoms. The molecule has 2 aromatic carbocycles. The zero-order valence-electron chi connectivity index (χ0n) is 13.3. The lowest BCUT2D eigenvalue weighted by Gasteiger charge is -2.13. The Morgan fingerprint density at radius 3 is 2.64 bits per heavy atom. The van der Waals surface area contributed by atoms with Crippen molar-refractivity contribution in [1.29, 1.82) is 0 Å². The third-order valence-electron chi connectivity index (χ3n) is 3.59. The maximum Gasteiger partial charge on any atom is 0.185 e. The number of anilines is 1. The van der Waals surface area contributed by atoms with Gasteiger partial charge in [0.2, 0.25) is 0 Å². The number of nitrogens with zero attached hydrogens (tertiary/aromatic N) is 1. The summed E-state index contributed by atoms with van der Waals surface area (Å²) >= 11 is 13.7. The van der Waals surface area contributed by atoms with Crippen molar-refractivity contribution in [3.8, 4) is 0 Å². The summed E-state index contributed by atoms with van der Waals surface area (Å²) in [5.41, 5.74) is 2.30. The average Bonchev–Trinajstić information content (AvgIpc) is 2.62. The van der Waals surface area contributed by atoms with Crippen molar-refractivity contribution in [3.05, 3.63) is 69.7 Å². The molecule has 1 aliphatic rings. The molecule has 128 valence electrons. The Kier molecular flexibility index (Phi) is 6.19. The Bertz CT molecular complexity index is 832. The number of aliphatic imine (C=N–C) groups is 1. The van der Waals surface area contributed by atoms with Crippen molar-refractivity contribution in [2.24, 2.45) is 4.99 Å². The molecule has 6 heteroatoms. The van der Waals surface area contributed by atoms with E-state index >= 15 is 0 Å². The van der Waals surface area contributed by atoms with Gasteiger partial charge in [-0.3, -0.25) is 9.79 Å². The molecule has 0 atom stereocenters. The molecule has 0 saturated heterocycles. The van der Waals surface area contributed by atoms with Gasteiger partial charge >= 0.3 is 0 Å². The van der Waals surface area contributed by atoms with Crippen LogP contribution >= 0.6 is 35.0 Å². The number of ketones is 1. The van der Waals surface area contributed by atoms with E-state index in [1.807, 2.05) is 12.1 Å². The zero-order chi connectivity index (χ0) is 17.6. The van der Waals surface area contributed by atoms with E-state index in [1.165, 1.54) is 6.08 Å². The first-order valence-electron chi connectivity index (χ1n) is 7.83. The number of hydrogen-bond acceptors (Lipinski definition) is 4. The highest BCUT2D eigenvalue weighted by Gasteiger charge is 2.07. The predicted molar refractivity (Wildman–Crippen MR) is 109 cm³/mol. The number of hydrogen-bond donors (Lipinski definition) is 1. The maximum absolute atomic E-state index is 12.3. The van der Waals surface area contributed by atoms with E-state index in [-0.39, 0.29) is 5.78 Å². The predicted octanol–water partition coefficient (Wildman–Crippen LogP) is 5.79. The largest absolute Gasteiger partial charge is 0.335 e. The van der Waals surface area contributed by atoms with Crippen LogP contribution in [0.4, 0.5) is 5.69 Å². The second-order valence-electron chi connectivity index (χ2n) is 5.45. The Labute approximate surface area is 161 Å². The molecular weight excluding hydrogens is 375 g/mol. The minimum absolute atomic E-state index is 0.0815. The molecule has 0 aromatic heterocycles. The monoisotopic (exact) mass is 390 g/mol. The Morgan fingerprint density at radius 1 is 1.16 bits per heavy atom. The van der Waals surface area contributed by atoms with E-state index in [9.17, 15) is 4.79 Å². The standard InChI is InChI=1S/C19H16Cl2N2OS/c20-15-6-2-13(17(21)12-15)5-9-18(24)14-3-7-16(8-4-14)23-19-22-10-1-11-25-19/h2-9,12H,1,10-11H2,(H,22,23)/b9-5+.